The maximum atomic E-state index is 13.7. The third-order valence-electron chi connectivity index (χ3n) is 6.70. The van der Waals surface area contributed by atoms with Gasteiger partial charge in [0.15, 0.2) is 0 Å². The van der Waals surface area contributed by atoms with E-state index < -0.39 is 57.9 Å². The molecule has 0 fully saturated rings. The lowest BCUT2D eigenvalue weighted by Crippen LogP contribution is -2.59. The van der Waals surface area contributed by atoms with E-state index in [4.69, 9.17) is 9.47 Å². The number of amides is 5. The van der Waals surface area contributed by atoms with Crippen molar-refractivity contribution in [2.75, 3.05) is 7.11 Å². The van der Waals surface area contributed by atoms with Crippen molar-refractivity contribution in [3.63, 3.8) is 0 Å². The Kier molecular flexibility index (Phi) is 13.0. The van der Waals surface area contributed by atoms with Crippen LogP contribution < -0.4 is 26.6 Å². The van der Waals surface area contributed by atoms with Crippen LogP contribution in [-0.4, -0.2) is 65.0 Å². The van der Waals surface area contributed by atoms with E-state index >= 15 is 0 Å². The number of esters is 1. The minimum Gasteiger partial charge on any atom is -0.467 e. The highest BCUT2D eigenvalue weighted by Gasteiger charge is 2.37. The molecule has 0 aliphatic rings. The first kappa shape index (κ1) is 39.7. The number of alkyl carbamates (subject to hydrolysis) is 1. The molecule has 0 unspecified atom stereocenters. The van der Waals surface area contributed by atoms with Crippen LogP contribution in [0, 0.1) is 0 Å². The molecule has 0 saturated carbocycles. The lowest BCUT2D eigenvalue weighted by Gasteiger charge is -2.29. The van der Waals surface area contributed by atoms with Gasteiger partial charge in [0.25, 0.3) is 11.8 Å². The SMILES string of the molecule is COC(=O)C(C)(C)NC(=O)/C(=C\c1ccccc1)NC(=O)C(C)(C)NC(=O)/C(=C/c1ccccc1)NC(=O)C(C)(C)NC(=O)OC(C)(C)C. The molecule has 2 aromatic carbocycles. The van der Waals surface area contributed by atoms with Gasteiger partial charge in [-0.15, -0.1) is 0 Å². The molecule has 0 radical (unpaired) electrons. The summed E-state index contributed by atoms with van der Waals surface area (Å²) in [5.74, 6) is -3.85. The Labute approximate surface area is 287 Å². The van der Waals surface area contributed by atoms with Crippen LogP contribution in [0.1, 0.15) is 73.4 Å². The first-order valence-electron chi connectivity index (χ1n) is 15.5. The molecule has 5 amide bonds. The molecule has 13 nitrogen and oxygen atoms in total. The summed E-state index contributed by atoms with van der Waals surface area (Å²) in [6, 6.07) is 17.3. The van der Waals surface area contributed by atoms with Gasteiger partial charge in [-0.1, -0.05) is 60.7 Å². The molecule has 13 heteroatoms. The summed E-state index contributed by atoms with van der Waals surface area (Å²) in [5.41, 5.74) is -4.72. The number of methoxy groups -OCH3 is 1. The van der Waals surface area contributed by atoms with E-state index in [9.17, 15) is 28.8 Å². The minimum atomic E-state index is -1.66. The molecule has 0 aliphatic heterocycles. The van der Waals surface area contributed by atoms with E-state index in [-0.39, 0.29) is 11.4 Å². The summed E-state index contributed by atoms with van der Waals surface area (Å²) in [6.07, 6.45) is 1.99. The second-order valence-corrected chi connectivity index (χ2v) is 13.7. The highest BCUT2D eigenvalue weighted by Crippen LogP contribution is 2.15. The van der Waals surface area contributed by atoms with Gasteiger partial charge in [0, 0.05) is 0 Å². The number of ether oxygens (including phenoxy) is 2. The molecule has 0 bridgehead atoms. The largest absolute Gasteiger partial charge is 0.467 e. The van der Waals surface area contributed by atoms with Crippen molar-refractivity contribution in [2.45, 2.75) is 84.5 Å². The van der Waals surface area contributed by atoms with E-state index in [2.05, 4.69) is 26.6 Å². The molecular formula is C36H47N5O8. The molecule has 0 spiro atoms. The van der Waals surface area contributed by atoms with Crippen LogP contribution in [-0.2, 0) is 33.4 Å². The molecule has 0 heterocycles. The van der Waals surface area contributed by atoms with Crippen LogP contribution in [0.3, 0.4) is 0 Å². The molecule has 49 heavy (non-hydrogen) atoms. The molecule has 2 rings (SSSR count). The number of carbonyl (C=O) groups is 6. The van der Waals surface area contributed by atoms with Crippen LogP contribution in [0.5, 0.6) is 0 Å². The summed E-state index contributed by atoms with van der Waals surface area (Å²) in [6.45, 7) is 13.6. The van der Waals surface area contributed by atoms with E-state index in [1.807, 2.05) is 0 Å². The lowest BCUT2D eigenvalue weighted by atomic mass is 10.0. The first-order chi connectivity index (χ1) is 22.6. The predicted octanol–water partition coefficient (Wildman–Crippen LogP) is 3.57. The van der Waals surface area contributed by atoms with E-state index in [0.717, 1.165) is 0 Å². The molecule has 0 aliphatic carbocycles. The standard InChI is InChI=1S/C36H47N5O8/c1-33(2,3)49-32(47)41-35(6,7)30(45)38-25(21-23-17-13-11-14-18-23)27(42)39-34(4,5)29(44)37-26(22-24-19-15-12-16-20-24)28(43)40-36(8,9)31(46)48-10/h11-22H,1-10H3,(H,37,44)(H,38,45)(H,39,42)(H,40,43)(H,41,47)/b25-21-,26-22+. The normalized spacial score (nSPS) is 12.6. The third-order valence-corrected chi connectivity index (χ3v) is 6.70. The fourth-order valence-electron chi connectivity index (χ4n) is 3.99. The van der Waals surface area contributed by atoms with Crippen LogP contribution in [0.2, 0.25) is 0 Å². The summed E-state index contributed by atoms with van der Waals surface area (Å²) >= 11 is 0. The zero-order valence-corrected chi connectivity index (χ0v) is 29.7. The number of benzene rings is 2. The number of rotatable bonds is 12. The van der Waals surface area contributed by atoms with Gasteiger partial charge in [-0.3, -0.25) is 19.2 Å². The van der Waals surface area contributed by atoms with Crippen molar-refractivity contribution >= 4 is 47.8 Å². The van der Waals surface area contributed by atoms with E-state index in [1.54, 1.807) is 81.4 Å². The molecular weight excluding hydrogens is 630 g/mol. The molecule has 264 valence electrons. The Morgan fingerprint density at radius 2 is 0.918 bits per heavy atom. The summed E-state index contributed by atoms with van der Waals surface area (Å²) in [7, 11) is 1.19. The molecule has 5 N–H and O–H groups in total. The summed E-state index contributed by atoms with van der Waals surface area (Å²) in [5, 5.41) is 12.8. The Balaban J connectivity index is 2.38. The van der Waals surface area contributed by atoms with Gasteiger partial charge >= 0.3 is 12.1 Å². The monoisotopic (exact) mass is 677 g/mol. The Hall–Kier alpha value is -5.46. The quantitative estimate of drug-likeness (QED) is 0.167. The van der Waals surface area contributed by atoms with Crippen molar-refractivity contribution in [3.05, 3.63) is 83.2 Å². The van der Waals surface area contributed by atoms with Crippen LogP contribution in [0.25, 0.3) is 12.2 Å². The molecule has 0 saturated heterocycles. The molecule has 0 atom stereocenters. The van der Waals surface area contributed by atoms with Crippen molar-refractivity contribution in [1.82, 2.24) is 26.6 Å². The van der Waals surface area contributed by atoms with E-state index in [1.165, 1.54) is 60.8 Å². The second-order valence-electron chi connectivity index (χ2n) is 13.7. The lowest BCUT2D eigenvalue weighted by molar-refractivity contribution is -0.149. The number of nitrogens with one attached hydrogen (secondary N) is 5. The van der Waals surface area contributed by atoms with Gasteiger partial charge in [0.1, 0.15) is 33.6 Å². The van der Waals surface area contributed by atoms with Crippen molar-refractivity contribution in [1.29, 1.82) is 0 Å². The highest BCUT2D eigenvalue weighted by molar-refractivity contribution is 6.07. The van der Waals surface area contributed by atoms with Gasteiger partial charge in [0.05, 0.1) is 7.11 Å². The highest BCUT2D eigenvalue weighted by atomic mass is 16.6. The summed E-state index contributed by atoms with van der Waals surface area (Å²) in [4.78, 5) is 78.8. The third kappa shape index (κ3) is 12.6. The average molecular weight is 678 g/mol. The molecule has 2 aromatic rings. The van der Waals surface area contributed by atoms with Crippen molar-refractivity contribution in [3.8, 4) is 0 Å². The van der Waals surface area contributed by atoms with Crippen molar-refractivity contribution in [2.24, 2.45) is 0 Å². The maximum Gasteiger partial charge on any atom is 0.408 e. The van der Waals surface area contributed by atoms with Gasteiger partial charge in [0.2, 0.25) is 11.8 Å². The maximum absolute atomic E-state index is 13.7. The fourth-order valence-corrected chi connectivity index (χ4v) is 3.99. The van der Waals surface area contributed by atoms with Gasteiger partial charge in [-0.05, 0) is 85.6 Å². The van der Waals surface area contributed by atoms with Crippen LogP contribution in [0.4, 0.5) is 4.79 Å². The fraction of sp³-hybridized carbons (Fsp3) is 0.389. The van der Waals surface area contributed by atoms with Gasteiger partial charge < -0.3 is 36.1 Å². The first-order valence-corrected chi connectivity index (χ1v) is 15.5. The van der Waals surface area contributed by atoms with Gasteiger partial charge in [-0.25, -0.2) is 9.59 Å². The van der Waals surface area contributed by atoms with Crippen LogP contribution in [0.15, 0.2) is 72.1 Å². The van der Waals surface area contributed by atoms with Gasteiger partial charge in [-0.2, -0.15) is 0 Å². The number of hydrogen-bond acceptors (Lipinski definition) is 8. The zero-order valence-electron chi connectivity index (χ0n) is 29.7. The van der Waals surface area contributed by atoms with Crippen molar-refractivity contribution < 1.29 is 38.2 Å². The average Bonchev–Trinajstić information content (AvgIpc) is 2.99. The van der Waals surface area contributed by atoms with Crippen LogP contribution >= 0.6 is 0 Å². The Bertz CT molecular complexity index is 1600. The predicted molar refractivity (Wildman–Crippen MR) is 185 cm³/mol. The zero-order chi connectivity index (χ0) is 37.2. The topological polar surface area (TPSA) is 181 Å². The number of hydrogen-bond donors (Lipinski definition) is 5. The molecule has 0 aromatic heterocycles. The minimum absolute atomic E-state index is 0.209. The Morgan fingerprint density at radius 1 is 0.551 bits per heavy atom. The second kappa shape index (κ2) is 16.1. The number of carbonyl (C=O) groups excluding carboxylic acids is 6. The Morgan fingerprint density at radius 3 is 1.29 bits per heavy atom. The summed E-state index contributed by atoms with van der Waals surface area (Å²) < 4.78 is 10.0. The van der Waals surface area contributed by atoms with E-state index in [0.29, 0.717) is 11.1 Å². The smallest absolute Gasteiger partial charge is 0.408 e.